The van der Waals surface area contributed by atoms with Gasteiger partial charge in [-0.1, -0.05) is 13.3 Å². The van der Waals surface area contributed by atoms with Crippen molar-refractivity contribution in [3.63, 3.8) is 0 Å². The molecule has 48 valence electrons. The number of rotatable bonds is 1. The number of hydrogen-bond acceptors (Lipinski definition) is 0. The Morgan fingerprint density at radius 1 is 1.50 bits per heavy atom. The van der Waals surface area contributed by atoms with E-state index in [9.17, 15) is 4.39 Å². The molecule has 0 nitrogen and oxygen atoms in total. The van der Waals surface area contributed by atoms with Crippen LogP contribution in [0, 0.1) is 5.41 Å². The lowest BCUT2D eigenvalue weighted by Crippen LogP contribution is -2.33. The minimum Gasteiger partial charge on any atom is -0.247 e. The lowest BCUT2D eigenvalue weighted by Gasteiger charge is -2.39. The monoisotopic (exact) mass is 116 g/mol. The first-order valence-corrected chi connectivity index (χ1v) is 3.29. The molecule has 0 bridgehead atoms. The summed E-state index contributed by atoms with van der Waals surface area (Å²) in [6.45, 7) is 3.69. The van der Waals surface area contributed by atoms with E-state index >= 15 is 0 Å². The van der Waals surface area contributed by atoms with E-state index < -0.39 is 6.17 Å². The van der Waals surface area contributed by atoms with Crippen molar-refractivity contribution in [2.24, 2.45) is 5.41 Å². The van der Waals surface area contributed by atoms with Gasteiger partial charge in [-0.2, -0.15) is 0 Å². The molecule has 0 heterocycles. The molecule has 1 fully saturated rings. The van der Waals surface area contributed by atoms with Crippen molar-refractivity contribution < 1.29 is 4.39 Å². The van der Waals surface area contributed by atoms with E-state index in [0.29, 0.717) is 0 Å². The van der Waals surface area contributed by atoms with E-state index in [1.807, 2.05) is 6.92 Å². The second kappa shape index (κ2) is 1.71. The molecule has 0 aromatic rings. The summed E-state index contributed by atoms with van der Waals surface area (Å²) in [5.74, 6) is 0. The van der Waals surface area contributed by atoms with E-state index in [2.05, 4.69) is 0 Å². The average molecular weight is 116 g/mol. The Morgan fingerprint density at radius 3 is 2.00 bits per heavy atom. The molecule has 1 unspecified atom stereocenters. The molecule has 8 heavy (non-hydrogen) atoms. The Kier molecular flexibility index (Phi) is 1.30. The highest BCUT2D eigenvalue weighted by atomic mass is 19.1. The molecule has 1 aliphatic carbocycles. The van der Waals surface area contributed by atoms with Gasteiger partial charge in [0, 0.05) is 0 Å². The van der Waals surface area contributed by atoms with Crippen molar-refractivity contribution in [2.45, 2.75) is 39.3 Å². The maximum Gasteiger partial charge on any atom is 0.103 e. The fourth-order valence-electron chi connectivity index (χ4n) is 1.13. The van der Waals surface area contributed by atoms with Gasteiger partial charge in [0.2, 0.25) is 0 Å². The molecule has 0 radical (unpaired) electrons. The van der Waals surface area contributed by atoms with Crippen molar-refractivity contribution in [1.82, 2.24) is 0 Å². The van der Waals surface area contributed by atoms with Crippen molar-refractivity contribution in [3.05, 3.63) is 0 Å². The van der Waals surface area contributed by atoms with Gasteiger partial charge in [-0.05, 0) is 25.2 Å². The van der Waals surface area contributed by atoms with Gasteiger partial charge in [0.05, 0.1) is 0 Å². The molecule has 1 heteroatoms. The maximum atomic E-state index is 12.5. The fourth-order valence-corrected chi connectivity index (χ4v) is 1.13. The Bertz CT molecular complexity index is 82.4. The Balaban J connectivity index is 2.41. The second-order valence-electron chi connectivity index (χ2n) is 3.12. The molecule has 1 atom stereocenters. The zero-order valence-corrected chi connectivity index (χ0v) is 5.58. The quantitative estimate of drug-likeness (QED) is 0.494. The highest BCUT2D eigenvalue weighted by molar-refractivity contribution is 4.87. The average Bonchev–Trinajstić information content (AvgIpc) is 1.60. The van der Waals surface area contributed by atoms with Crippen LogP contribution >= 0.6 is 0 Å². The minimum absolute atomic E-state index is 0.0556. The molecule has 0 amide bonds. The zero-order chi connectivity index (χ0) is 6.20. The van der Waals surface area contributed by atoms with E-state index in [1.165, 1.54) is 6.42 Å². The summed E-state index contributed by atoms with van der Waals surface area (Å²) in [6, 6.07) is 0. The smallest absolute Gasteiger partial charge is 0.103 e. The number of halogens is 1. The molecular formula is C7H13F. The van der Waals surface area contributed by atoms with E-state index in [4.69, 9.17) is 0 Å². The van der Waals surface area contributed by atoms with Crippen LogP contribution in [0.3, 0.4) is 0 Å². The van der Waals surface area contributed by atoms with Gasteiger partial charge < -0.3 is 0 Å². The van der Waals surface area contributed by atoms with Crippen LogP contribution in [0.5, 0.6) is 0 Å². The summed E-state index contributed by atoms with van der Waals surface area (Å²) >= 11 is 0. The number of hydrogen-bond donors (Lipinski definition) is 0. The number of alkyl halides is 1. The summed E-state index contributed by atoms with van der Waals surface area (Å²) < 4.78 is 12.5. The van der Waals surface area contributed by atoms with Crippen molar-refractivity contribution in [3.8, 4) is 0 Å². The summed E-state index contributed by atoms with van der Waals surface area (Å²) in [4.78, 5) is 0. The molecule has 0 aromatic heterocycles. The lowest BCUT2D eigenvalue weighted by molar-refractivity contribution is 0.0516. The predicted octanol–water partition coefficient (Wildman–Crippen LogP) is 2.53. The van der Waals surface area contributed by atoms with E-state index in [-0.39, 0.29) is 5.41 Å². The lowest BCUT2D eigenvalue weighted by atomic mass is 9.68. The molecule has 0 spiro atoms. The highest BCUT2D eigenvalue weighted by Gasteiger charge is 2.37. The molecule has 0 aliphatic heterocycles. The van der Waals surface area contributed by atoms with Crippen LogP contribution in [-0.4, -0.2) is 6.17 Å². The summed E-state index contributed by atoms with van der Waals surface area (Å²) in [5, 5.41) is 0. The Hall–Kier alpha value is -0.0700. The van der Waals surface area contributed by atoms with Crippen molar-refractivity contribution in [1.29, 1.82) is 0 Å². The van der Waals surface area contributed by atoms with Gasteiger partial charge in [-0.15, -0.1) is 0 Å². The molecular weight excluding hydrogens is 103 g/mol. The van der Waals surface area contributed by atoms with Gasteiger partial charge in [-0.3, -0.25) is 0 Å². The molecule has 1 aliphatic rings. The topological polar surface area (TPSA) is 0 Å². The van der Waals surface area contributed by atoms with Crippen LogP contribution in [-0.2, 0) is 0 Å². The van der Waals surface area contributed by atoms with Crippen molar-refractivity contribution in [2.75, 3.05) is 0 Å². The first-order chi connectivity index (χ1) is 3.65. The third-order valence-electron chi connectivity index (χ3n) is 2.46. The third kappa shape index (κ3) is 0.743. The summed E-state index contributed by atoms with van der Waals surface area (Å²) in [5.41, 5.74) is 0.0556. The van der Waals surface area contributed by atoms with Gasteiger partial charge in [0.25, 0.3) is 0 Å². The van der Waals surface area contributed by atoms with Crippen molar-refractivity contribution >= 4 is 0 Å². The van der Waals surface area contributed by atoms with Crippen LogP contribution in [0.1, 0.15) is 33.1 Å². The first-order valence-electron chi connectivity index (χ1n) is 3.29. The maximum absolute atomic E-state index is 12.5. The largest absolute Gasteiger partial charge is 0.247 e. The van der Waals surface area contributed by atoms with Crippen LogP contribution in [0.2, 0.25) is 0 Å². The fraction of sp³-hybridized carbons (Fsp3) is 1.00. The third-order valence-corrected chi connectivity index (χ3v) is 2.46. The SMILES string of the molecule is CC(F)C1(C)CCC1. The highest BCUT2D eigenvalue weighted by Crippen LogP contribution is 2.44. The molecule has 0 aromatic carbocycles. The standard InChI is InChI=1S/C7H13F/c1-6(8)7(2)4-3-5-7/h6H,3-5H2,1-2H3. The summed E-state index contributed by atoms with van der Waals surface area (Å²) in [7, 11) is 0. The predicted molar refractivity (Wildman–Crippen MR) is 32.5 cm³/mol. The Labute approximate surface area is 50.1 Å². The van der Waals surface area contributed by atoms with Gasteiger partial charge in [-0.25, -0.2) is 4.39 Å². The van der Waals surface area contributed by atoms with Crippen LogP contribution in [0.4, 0.5) is 4.39 Å². The normalized spacial score (nSPS) is 28.9. The zero-order valence-electron chi connectivity index (χ0n) is 5.58. The molecule has 0 saturated heterocycles. The minimum atomic E-state index is -0.601. The molecule has 1 rings (SSSR count). The van der Waals surface area contributed by atoms with Gasteiger partial charge >= 0.3 is 0 Å². The molecule has 0 N–H and O–H groups in total. The van der Waals surface area contributed by atoms with E-state index in [0.717, 1.165) is 12.8 Å². The van der Waals surface area contributed by atoms with Crippen LogP contribution in [0.25, 0.3) is 0 Å². The molecule has 1 saturated carbocycles. The summed E-state index contributed by atoms with van der Waals surface area (Å²) in [6.07, 6.45) is 2.80. The van der Waals surface area contributed by atoms with Gasteiger partial charge in [0.15, 0.2) is 0 Å². The first kappa shape index (κ1) is 6.06. The van der Waals surface area contributed by atoms with Crippen LogP contribution < -0.4 is 0 Å². The van der Waals surface area contributed by atoms with Crippen LogP contribution in [0.15, 0.2) is 0 Å². The van der Waals surface area contributed by atoms with E-state index in [1.54, 1.807) is 6.92 Å². The second-order valence-corrected chi connectivity index (χ2v) is 3.12. The van der Waals surface area contributed by atoms with Gasteiger partial charge in [0.1, 0.15) is 6.17 Å². The Morgan fingerprint density at radius 2 is 2.00 bits per heavy atom.